The number of hydrogen-bond acceptors (Lipinski definition) is 3. The van der Waals surface area contributed by atoms with Gasteiger partial charge in [-0.2, -0.15) is 0 Å². The third-order valence-corrected chi connectivity index (χ3v) is 3.25. The minimum atomic E-state index is -0.264. The molecule has 7 nitrogen and oxygen atoms in total. The van der Waals surface area contributed by atoms with Crippen LogP contribution in [0.5, 0.6) is 0 Å². The number of guanidine groups is 1. The van der Waals surface area contributed by atoms with Gasteiger partial charge in [0.1, 0.15) is 0 Å². The Hall–Kier alpha value is -2.57. The van der Waals surface area contributed by atoms with Crippen molar-refractivity contribution in [3.05, 3.63) is 35.4 Å². The van der Waals surface area contributed by atoms with Crippen molar-refractivity contribution < 1.29 is 9.59 Å². The molecule has 0 aromatic heterocycles. The Labute approximate surface area is 156 Å². The molecular weight excluding hydrogens is 330 g/mol. The number of amides is 2. The third-order valence-electron chi connectivity index (χ3n) is 3.25. The van der Waals surface area contributed by atoms with Gasteiger partial charge in [0.05, 0.1) is 13.1 Å². The van der Waals surface area contributed by atoms with E-state index < -0.39 is 0 Å². The first-order valence-corrected chi connectivity index (χ1v) is 8.95. The molecule has 2 amide bonds. The van der Waals surface area contributed by atoms with Gasteiger partial charge in [-0.15, -0.1) is 0 Å². The highest BCUT2D eigenvalue weighted by molar-refractivity contribution is 5.94. The van der Waals surface area contributed by atoms with Crippen LogP contribution in [-0.2, 0) is 11.3 Å². The van der Waals surface area contributed by atoms with Crippen LogP contribution in [0.4, 0.5) is 0 Å². The predicted octanol–water partition coefficient (Wildman–Crippen LogP) is 1.41. The Balaban J connectivity index is 2.63. The topological polar surface area (TPSA) is 94.6 Å². The highest BCUT2D eigenvalue weighted by Crippen LogP contribution is 2.06. The molecule has 7 heteroatoms. The van der Waals surface area contributed by atoms with Gasteiger partial charge < -0.3 is 21.3 Å². The number of rotatable bonds is 7. The zero-order valence-corrected chi connectivity index (χ0v) is 16.4. The number of benzene rings is 1. The van der Waals surface area contributed by atoms with Crippen LogP contribution < -0.4 is 21.3 Å². The number of aliphatic imine (C=N–C) groups is 1. The van der Waals surface area contributed by atoms with E-state index in [2.05, 4.69) is 26.3 Å². The summed E-state index contributed by atoms with van der Waals surface area (Å²) < 4.78 is 0. The molecular formula is C19H31N5O2. The van der Waals surface area contributed by atoms with E-state index in [4.69, 9.17) is 0 Å². The lowest BCUT2D eigenvalue weighted by molar-refractivity contribution is -0.121. The SMILES string of the molecule is CCNC(=O)c1ccc(CN=C(NCC)NCC(=O)NC(C)(C)C)cc1. The van der Waals surface area contributed by atoms with Gasteiger partial charge >= 0.3 is 0 Å². The Morgan fingerprint density at radius 1 is 0.962 bits per heavy atom. The van der Waals surface area contributed by atoms with Gasteiger partial charge in [-0.05, 0) is 52.3 Å². The standard InChI is InChI=1S/C19H31N5O2/c1-6-20-17(26)15-10-8-14(9-11-15)12-22-18(21-7-2)23-13-16(25)24-19(3,4)5/h8-11H,6-7,12-13H2,1-5H3,(H,20,26)(H,24,25)(H2,21,22,23). The molecule has 0 saturated heterocycles. The minimum absolute atomic E-state index is 0.0811. The summed E-state index contributed by atoms with van der Waals surface area (Å²) >= 11 is 0. The van der Waals surface area contributed by atoms with Gasteiger partial charge in [-0.3, -0.25) is 9.59 Å². The van der Waals surface area contributed by atoms with Crippen LogP contribution in [-0.4, -0.2) is 42.9 Å². The normalized spacial score (nSPS) is 11.7. The van der Waals surface area contributed by atoms with E-state index in [-0.39, 0.29) is 23.9 Å². The molecule has 4 N–H and O–H groups in total. The van der Waals surface area contributed by atoms with Crippen LogP contribution in [0.2, 0.25) is 0 Å². The van der Waals surface area contributed by atoms with Crippen molar-refractivity contribution in [3.63, 3.8) is 0 Å². The Bertz CT molecular complexity index is 618. The Morgan fingerprint density at radius 3 is 2.12 bits per heavy atom. The largest absolute Gasteiger partial charge is 0.357 e. The van der Waals surface area contributed by atoms with Gasteiger partial charge in [0, 0.05) is 24.2 Å². The highest BCUT2D eigenvalue weighted by atomic mass is 16.2. The molecule has 0 aliphatic rings. The lowest BCUT2D eigenvalue weighted by Gasteiger charge is -2.21. The molecule has 0 saturated carbocycles. The maximum Gasteiger partial charge on any atom is 0.251 e. The zero-order chi connectivity index (χ0) is 19.6. The highest BCUT2D eigenvalue weighted by Gasteiger charge is 2.13. The van der Waals surface area contributed by atoms with E-state index in [1.165, 1.54) is 0 Å². The summed E-state index contributed by atoms with van der Waals surface area (Å²) in [6.07, 6.45) is 0. The molecule has 0 aliphatic heterocycles. The van der Waals surface area contributed by atoms with Crippen LogP contribution in [0.25, 0.3) is 0 Å². The fraction of sp³-hybridized carbons (Fsp3) is 0.526. The maximum atomic E-state index is 11.9. The lowest BCUT2D eigenvalue weighted by atomic mass is 10.1. The molecule has 0 fully saturated rings. The summed E-state index contributed by atoms with van der Waals surface area (Å²) in [6, 6.07) is 7.33. The van der Waals surface area contributed by atoms with Gasteiger partial charge in [0.2, 0.25) is 5.91 Å². The van der Waals surface area contributed by atoms with Crippen molar-refractivity contribution >= 4 is 17.8 Å². The van der Waals surface area contributed by atoms with Crippen molar-refractivity contribution in [3.8, 4) is 0 Å². The van der Waals surface area contributed by atoms with E-state index in [1.54, 1.807) is 12.1 Å². The monoisotopic (exact) mass is 361 g/mol. The van der Waals surface area contributed by atoms with Gasteiger partial charge in [0.15, 0.2) is 5.96 Å². The third kappa shape index (κ3) is 8.50. The van der Waals surface area contributed by atoms with Crippen LogP contribution >= 0.6 is 0 Å². The van der Waals surface area contributed by atoms with Crippen LogP contribution in [0.1, 0.15) is 50.5 Å². The summed E-state index contributed by atoms with van der Waals surface area (Å²) in [6.45, 7) is 11.6. The average Bonchev–Trinajstić information content (AvgIpc) is 2.56. The molecule has 0 atom stereocenters. The molecule has 144 valence electrons. The quantitative estimate of drug-likeness (QED) is 0.436. The summed E-state index contributed by atoms with van der Waals surface area (Å²) in [5, 5.41) is 11.8. The molecule has 0 heterocycles. The summed E-state index contributed by atoms with van der Waals surface area (Å²) in [5.74, 6) is 0.404. The second-order valence-corrected chi connectivity index (χ2v) is 6.90. The molecule has 0 spiro atoms. The van der Waals surface area contributed by atoms with Crippen molar-refractivity contribution in [2.24, 2.45) is 4.99 Å². The molecule has 0 bridgehead atoms. The van der Waals surface area contributed by atoms with Crippen LogP contribution in [0.3, 0.4) is 0 Å². The fourth-order valence-electron chi connectivity index (χ4n) is 2.16. The van der Waals surface area contributed by atoms with E-state index in [9.17, 15) is 9.59 Å². The van der Waals surface area contributed by atoms with Crippen LogP contribution in [0, 0.1) is 0 Å². The van der Waals surface area contributed by atoms with E-state index in [0.29, 0.717) is 31.2 Å². The van der Waals surface area contributed by atoms with Crippen LogP contribution in [0.15, 0.2) is 29.3 Å². The van der Waals surface area contributed by atoms with E-state index in [0.717, 1.165) is 5.56 Å². The number of nitrogens with one attached hydrogen (secondary N) is 4. The molecule has 0 unspecified atom stereocenters. The van der Waals surface area contributed by atoms with E-state index in [1.807, 2.05) is 46.8 Å². The van der Waals surface area contributed by atoms with Crippen molar-refractivity contribution in [2.75, 3.05) is 19.6 Å². The molecule has 1 aromatic rings. The number of nitrogens with zero attached hydrogens (tertiary/aromatic N) is 1. The van der Waals surface area contributed by atoms with Crippen molar-refractivity contribution in [2.45, 2.75) is 46.7 Å². The number of carbonyl (C=O) groups excluding carboxylic acids is 2. The first kappa shape index (κ1) is 21.5. The lowest BCUT2D eigenvalue weighted by Crippen LogP contribution is -2.48. The first-order valence-electron chi connectivity index (χ1n) is 8.95. The minimum Gasteiger partial charge on any atom is -0.357 e. The zero-order valence-electron chi connectivity index (χ0n) is 16.4. The van der Waals surface area contributed by atoms with Crippen molar-refractivity contribution in [1.82, 2.24) is 21.3 Å². The van der Waals surface area contributed by atoms with Gasteiger partial charge in [-0.1, -0.05) is 12.1 Å². The number of hydrogen-bond donors (Lipinski definition) is 4. The number of carbonyl (C=O) groups is 2. The summed E-state index contributed by atoms with van der Waals surface area (Å²) in [4.78, 5) is 28.1. The molecule has 26 heavy (non-hydrogen) atoms. The smallest absolute Gasteiger partial charge is 0.251 e. The molecule has 0 aliphatic carbocycles. The average molecular weight is 361 g/mol. The molecule has 0 radical (unpaired) electrons. The molecule has 1 rings (SSSR count). The van der Waals surface area contributed by atoms with Gasteiger partial charge in [0.25, 0.3) is 5.91 Å². The first-order chi connectivity index (χ1) is 12.2. The van der Waals surface area contributed by atoms with Gasteiger partial charge in [-0.25, -0.2) is 4.99 Å². The predicted molar refractivity (Wildman–Crippen MR) is 105 cm³/mol. The Kier molecular flexibility index (Phi) is 8.61. The second-order valence-electron chi connectivity index (χ2n) is 6.90. The Morgan fingerprint density at radius 2 is 1.58 bits per heavy atom. The van der Waals surface area contributed by atoms with Crippen molar-refractivity contribution in [1.29, 1.82) is 0 Å². The summed E-state index contributed by atoms with van der Waals surface area (Å²) in [7, 11) is 0. The fourth-order valence-corrected chi connectivity index (χ4v) is 2.16. The van der Waals surface area contributed by atoms with E-state index >= 15 is 0 Å². The second kappa shape index (κ2) is 10.4. The molecule has 1 aromatic carbocycles. The summed E-state index contributed by atoms with van der Waals surface area (Å²) in [5.41, 5.74) is 1.35. The maximum absolute atomic E-state index is 11.9.